The molecule has 0 radical (unpaired) electrons. The van der Waals surface area contributed by atoms with Crippen molar-refractivity contribution in [2.24, 2.45) is 0 Å². The number of hydrogen-bond acceptors (Lipinski definition) is 2. The summed E-state index contributed by atoms with van der Waals surface area (Å²) in [6.07, 6.45) is 0.152. The van der Waals surface area contributed by atoms with Crippen molar-refractivity contribution in [3.8, 4) is 0 Å². The molecule has 2 N–H and O–H groups in total. The van der Waals surface area contributed by atoms with E-state index in [-0.39, 0.29) is 35.6 Å². The Bertz CT molecular complexity index is 453. The Morgan fingerprint density at radius 1 is 1.44 bits per heavy atom. The van der Waals surface area contributed by atoms with Gasteiger partial charge < -0.3 is 10.6 Å². The second kappa shape index (κ2) is 3.90. The van der Waals surface area contributed by atoms with Crippen molar-refractivity contribution >= 4 is 28.9 Å². The molecule has 0 bridgehead atoms. The molecule has 1 unspecified atom stereocenters. The number of rotatable bonds is 1. The quantitative estimate of drug-likeness (QED) is 0.608. The predicted octanol–water partition coefficient (Wildman–Crippen LogP) is 1.89. The summed E-state index contributed by atoms with van der Waals surface area (Å²) in [6, 6.07) is 1.71. The summed E-state index contributed by atoms with van der Waals surface area (Å²) in [6.45, 7) is 0.216. The SMILES string of the molecule is Nc1c(F)cc(F)cc1N1CC(Cl)CC1=O. The molecule has 0 aliphatic carbocycles. The van der Waals surface area contributed by atoms with E-state index < -0.39 is 11.6 Å². The van der Waals surface area contributed by atoms with Gasteiger partial charge in [-0.05, 0) is 6.07 Å². The van der Waals surface area contributed by atoms with Crippen molar-refractivity contribution in [3.63, 3.8) is 0 Å². The van der Waals surface area contributed by atoms with Crippen LogP contribution in [0.25, 0.3) is 0 Å². The van der Waals surface area contributed by atoms with Gasteiger partial charge in [0, 0.05) is 19.0 Å². The average molecular weight is 247 g/mol. The van der Waals surface area contributed by atoms with Crippen molar-refractivity contribution in [1.82, 2.24) is 0 Å². The largest absolute Gasteiger partial charge is 0.395 e. The maximum atomic E-state index is 13.2. The van der Waals surface area contributed by atoms with Gasteiger partial charge in [-0.25, -0.2) is 8.78 Å². The first-order valence-corrected chi connectivity index (χ1v) is 5.11. The smallest absolute Gasteiger partial charge is 0.228 e. The number of benzene rings is 1. The maximum Gasteiger partial charge on any atom is 0.228 e. The van der Waals surface area contributed by atoms with Gasteiger partial charge in [0.05, 0.1) is 16.8 Å². The Morgan fingerprint density at radius 3 is 2.69 bits per heavy atom. The van der Waals surface area contributed by atoms with E-state index in [1.165, 1.54) is 4.90 Å². The van der Waals surface area contributed by atoms with Crippen LogP contribution in [-0.2, 0) is 4.79 Å². The number of nitrogens with zero attached hydrogens (tertiary/aromatic N) is 1. The molecule has 86 valence electrons. The van der Waals surface area contributed by atoms with Crippen LogP contribution < -0.4 is 10.6 Å². The van der Waals surface area contributed by atoms with E-state index in [1.807, 2.05) is 0 Å². The molecule has 3 nitrogen and oxygen atoms in total. The van der Waals surface area contributed by atoms with Crippen molar-refractivity contribution in [1.29, 1.82) is 0 Å². The zero-order valence-electron chi connectivity index (χ0n) is 8.21. The number of carbonyl (C=O) groups excluding carboxylic acids is 1. The van der Waals surface area contributed by atoms with Crippen LogP contribution >= 0.6 is 11.6 Å². The molecule has 2 rings (SSSR count). The lowest BCUT2D eigenvalue weighted by molar-refractivity contribution is -0.117. The van der Waals surface area contributed by atoms with Gasteiger partial charge in [0.1, 0.15) is 5.82 Å². The third kappa shape index (κ3) is 1.82. The molecule has 1 aliphatic rings. The fourth-order valence-corrected chi connectivity index (χ4v) is 1.96. The summed E-state index contributed by atoms with van der Waals surface area (Å²) in [4.78, 5) is 12.7. The van der Waals surface area contributed by atoms with Crippen molar-refractivity contribution in [3.05, 3.63) is 23.8 Å². The first-order valence-electron chi connectivity index (χ1n) is 4.68. The molecule has 1 saturated heterocycles. The third-order valence-corrected chi connectivity index (χ3v) is 2.73. The fourth-order valence-electron chi connectivity index (χ4n) is 1.69. The molecule has 16 heavy (non-hydrogen) atoms. The van der Waals surface area contributed by atoms with E-state index in [4.69, 9.17) is 17.3 Å². The zero-order chi connectivity index (χ0) is 11.9. The van der Waals surface area contributed by atoms with Crippen LogP contribution in [-0.4, -0.2) is 17.8 Å². The summed E-state index contributed by atoms with van der Waals surface area (Å²) in [5.41, 5.74) is 5.27. The molecule has 1 heterocycles. The lowest BCUT2D eigenvalue weighted by Gasteiger charge is -2.18. The van der Waals surface area contributed by atoms with Crippen LogP contribution in [0.1, 0.15) is 6.42 Å². The second-order valence-electron chi connectivity index (χ2n) is 3.63. The third-order valence-electron chi connectivity index (χ3n) is 2.44. The molecule has 1 atom stereocenters. The molecular weight excluding hydrogens is 238 g/mol. The van der Waals surface area contributed by atoms with Gasteiger partial charge in [0.15, 0.2) is 5.82 Å². The van der Waals surface area contributed by atoms with Gasteiger partial charge in [-0.3, -0.25) is 4.79 Å². The summed E-state index contributed by atoms with van der Waals surface area (Å²) < 4.78 is 26.2. The number of nitrogens with two attached hydrogens (primary N) is 1. The number of amides is 1. The summed E-state index contributed by atoms with van der Waals surface area (Å²) >= 11 is 5.79. The highest BCUT2D eigenvalue weighted by Crippen LogP contribution is 2.31. The molecule has 0 aromatic heterocycles. The Hall–Kier alpha value is -1.36. The van der Waals surface area contributed by atoms with Gasteiger partial charge in [-0.2, -0.15) is 0 Å². The van der Waals surface area contributed by atoms with Crippen molar-refractivity contribution in [2.45, 2.75) is 11.8 Å². The van der Waals surface area contributed by atoms with Crippen molar-refractivity contribution < 1.29 is 13.6 Å². The van der Waals surface area contributed by atoms with Gasteiger partial charge in [-0.1, -0.05) is 0 Å². The van der Waals surface area contributed by atoms with E-state index in [0.29, 0.717) is 6.07 Å². The van der Waals surface area contributed by atoms with Crippen LogP contribution in [0.5, 0.6) is 0 Å². The van der Waals surface area contributed by atoms with Gasteiger partial charge in [0.2, 0.25) is 5.91 Å². The maximum absolute atomic E-state index is 13.2. The van der Waals surface area contributed by atoms with Crippen LogP contribution in [0.2, 0.25) is 0 Å². The Kier molecular flexibility index (Phi) is 2.71. The Morgan fingerprint density at radius 2 is 2.12 bits per heavy atom. The first-order chi connectivity index (χ1) is 7.49. The van der Waals surface area contributed by atoms with Crippen LogP contribution in [0.15, 0.2) is 12.1 Å². The number of alkyl halides is 1. The average Bonchev–Trinajstić information content (AvgIpc) is 2.51. The van der Waals surface area contributed by atoms with E-state index in [1.54, 1.807) is 0 Å². The molecule has 1 amide bonds. The van der Waals surface area contributed by atoms with Gasteiger partial charge in [-0.15, -0.1) is 11.6 Å². The molecule has 1 aromatic rings. The summed E-state index contributed by atoms with van der Waals surface area (Å²) in [7, 11) is 0. The number of anilines is 2. The van der Waals surface area contributed by atoms with E-state index in [0.717, 1.165) is 6.07 Å². The molecule has 1 aliphatic heterocycles. The predicted molar refractivity (Wildman–Crippen MR) is 57.4 cm³/mol. The minimum atomic E-state index is -0.874. The van der Waals surface area contributed by atoms with Crippen LogP contribution in [0, 0.1) is 11.6 Å². The Balaban J connectivity index is 2.44. The standard InChI is InChI=1S/C10H9ClF2N2O/c11-5-1-9(16)15(4-5)8-3-6(12)2-7(13)10(8)14/h2-3,5H,1,4,14H2. The summed E-state index contributed by atoms with van der Waals surface area (Å²) in [5.74, 6) is -1.93. The normalized spacial score (nSPS) is 20.6. The number of carbonyl (C=O) groups is 1. The molecule has 1 aromatic carbocycles. The fraction of sp³-hybridized carbons (Fsp3) is 0.300. The minimum Gasteiger partial charge on any atom is -0.395 e. The van der Waals surface area contributed by atoms with Gasteiger partial charge in [0.25, 0.3) is 0 Å². The number of hydrogen-bond donors (Lipinski definition) is 1. The molecule has 0 saturated carbocycles. The lowest BCUT2D eigenvalue weighted by Crippen LogP contribution is -2.26. The number of nitrogen functional groups attached to an aromatic ring is 1. The van der Waals surface area contributed by atoms with E-state index in [9.17, 15) is 13.6 Å². The first kappa shape index (κ1) is 11.1. The van der Waals surface area contributed by atoms with E-state index >= 15 is 0 Å². The molecule has 1 fully saturated rings. The molecule has 6 heteroatoms. The minimum absolute atomic E-state index is 0.0469. The summed E-state index contributed by atoms with van der Waals surface area (Å²) in [5, 5.41) is -0.349. The zero-order valence-corrected chi connectivity index (χ0v) is 8.97. The topological polar surface area (TPSA) is 46.3 Å². The van der Waals surface area contributed by atoms with E-state index in [2.05, 4.69) is 0 Å². The number of halogens is 3. The van der Waals surface area contributed by atoms with Crippen LogP contribution in [0.4, 0.5) is 20.2 Å². The molecule has 0 spiro atoms. The highest BCUT2D eigenvalue weighted by molar-refractivity contribution is 6.24. The van der Waals surface area contributed by atoms with Crippen molar-refractivity contribution in [2.75, 3.05) is 17.2 Å². The second-order valence-corrected chi connectivity index (χ2v) is 4.24. The lowest BCUT2D eigenvalue weighted by atomic mass is 10.2. The molecular formula is C10H9ClF2N2O. The highest BCUT2D eigenvalue weighted by Gasteiger charge is 2.31. The Labute approximate surface area is 95.8 Å². The van der Waals surface area contributed by atoms with Crippen LogP contribution in [0.3, 0.4) is 0 Å². The highest BCUT2D eigenvalue weighted by atomic mass is 35.5. The van der Waals surface area contributed by atoms with Gasteiger partial charge >= 0.3 is 0 Å². The monoisotopic (exact) mass is 246 g/mol.